The lowest BCUT2D eigenvalue weighted by Gasteiger charge is -2.25. The van der Waals surface area contributed by atoms with Gasteiger partial charge in [-0.1, -0.05) is 19.1 Å². The van der Waals surface area contributed by atoms with Gasteiger partial charge >= 0.3 is 6.03 Å². The highest BCUT2D eigenvalue weighted by Crippen LogP contribution is 2.18. The quantitative estimate of drug-likeness (QED) is 0.780. The van der Waals surface area contributed by atoms with Gasteiger partial charge in [0.2, 0.25) is 0 Å². The predicted octanol–water partition coefficient (Wildman–Crippen LogP) is 1.37. The Morgan fingerprint density at radius 3 is 2.68 bits per heavy atom. The summed E-state index contributed by atoms with van der Waals surface area (Å²) in [5.41, 5.74) is 0. The second-order valence-corrected chi connectivity index (χ2v) is 7.11. The topological polar surface area (TPSA) is 38.8 Å². The van der Waals surface area contributed by atoms with E-state index in [4.69, 9.17) is 0 Å². The van der Waals surface area contributed by atoms with Gasteiger partial charge in [-0.3, -0.25) is 4.90 Å². The molecule has 22 heavy (non-hydrogen) atoms. The van der Waals surface area contributed by atoms with Crippen LogP contribution in [0.1, 0.15) is 26.2 Å². The van der Waals surface area contributed by atoms with Crippen molar-refractivity contribution in [2.75, 3.05) is 52.4 Å². The number of nitrogens with zero attached hydrogens (tertiary/aromatic N) is 3. The minimum atomic E-state index is 0.128. The van der Waals surface area contributed by atoms with Gasteiger partial charge in [0.1, 0.15) is 0 Å². The lowest BCUT2D eigenvalue weighted by Crippen LogP contribution is -2.43. The van der Waals surface area contributed by atoms with Crippen LogP contribution in [-0.4, -0.2) is 79.1 Å². The average molecular weight is 306 g/mol. The Bertz CT molecular complexity index is 397. The van der Waals surface area contributed by atoms with Crippen LogP contribution < -0.4 is 5.32 Å². The van der Waals surface area contributed by atoms with Gasteiger partial charge in [0, 0.05) is 45.3 Å². The number of urea groups is 1. The lowest BCUT2D eigenvalue weighted by atomic mass is 10.1. The van der Waals surface area contributed by atoms with Crippen molar-refractivity contribution in [2.24, 2.45) is 5.92 Å². The van der Waals surface area contributed by atoms with E-state index < -0.39 is 0 Å². The molecule has 0 radical (unpaired) electrons. The van der Waals surface area contributed by atoms with E-state index in [-0.39, 0.29) is 6.03 Å². The van der Waals surface area contributed by atoms with Gasteiger partial charge in [-0.2, -0.15) is 0 Å². The second-order valence-electron chi connectivity index (χ2n) is 7.11. The molecule has 0 aliphatic carbocycles. The molecule has 0 aromatic rings. The fourth-order valence-electron chi connectivity index (χ4n) is 3.86. The fraction of sp³-hybridized carbons (Fsp3) is 0.824. The van der Waals surface area contributed by atoms with Gasteiger partial charge in [0.25, 0.3) is 0 Å². The van der Waals surface area contributed by atoms with Crippen LogP contribution in [0.2, 0.25) is 0 Å². The van der Waals surface area contributed by atoms with Gasteiger partial charge in [-0.05, 0) is 38.3 Å². The maximum Gasteiger partial charge on any atom is 0.317 e. The Balaban J connectivity index is 1.35. The molecule has 5 heteroatoms. The van der Waals surface area contributed by atoms with Crippen LogP contribution in [0.25, 0.3) is 0 Å². The van der Waals surface area contributed by atoms with Gasteiger partial charge in [0.05, 0.1) is 0 Å². The van der Waals surface area contributed by atoms with E-state index in [1.54, 1.807) is 0 Å². The van der Waals surface area contributed by atoms with Crippen LogP contribution in [0.5, 0.6) is 0 Å². The summed E-state index contributed by atoms with van der Waals surface area (Å²) < 4.78 is 0. The molecule has 0 bridgehead atoms. The van der Waals surface area contributed by atoms with E-state index in [9.17, 15) is 4.79 Å². The Labute approximate surface area is 134 Å². The van der Waals surface area contributed by atoms with Crippen LogP contribution in [0.4, 0.5) is 4.79 Å². The third kappa shape index (κ3) is 4.02. The molecule has 1 N–H and O–H groups in total. The maximum atomic E-state index is 12.3. The summed E-state index contributed by atoms with van der Waals surface area (Å²) in [5.74, 6) is 0.531. The number of rotatable bonds is 5. The normalized spacial score (nSPS) is 27.7. The van der Waals surface area contributed by atoms with E-state index >= 15 is 0 Å². The summed E-state index contributed by atoms with van der Waals surface area (Å²) in [4.78, 5) is 19.3. The number of carbonyl (C=O) groups is 1. The minimum absolute atomic E-state index is 0.128. The Morgan fingerprint density at radius 1 is 1.23 bits per heavy atom. The highest BCUT2D eigenvalue weighted by atomic mass is 16.2. The minimum Gasteiger partial charge on any atom is -0.338 e. The van der Waals surface area contributed by atoms with Crippen molar-refractivity contribution in [2.45, 2.75) is 32.2 Å². The van der Waals surface area contributed by atoms with E-state index in [0.717, 1.165) is 45.7 Å². The summed E-state index contributed by atoms with van der Waals surface area (Å²) in [6.45, 7) is 10.5. The Morgan fingerprint density at radius 2 is 1.95 bits per heavy atom. The van der Waals surface area contributed by atoms with Gasteiger partial charge < -0.3 is 15.1 Å². The Kier molecular flexibility index (Phi) is 5.37. The number of carbonyl (C=O) groups excluding carboxylic acids is 1. The molecule has 3 aliphatic heterocycles. The first-order valence-electron chi connectivity index (χ1n) is 8.86. The predicted molar refractivity (Wildman–Crippen MR) is 88.9 cm³/mol. The van der Waals surface area contributed by atoms with Gasteiger partial charge in [-0.15, -0.1) is 0 Å². The SMILES string of the molecule is C[C@H](CNC(=O)N1CC[C@H](N2CC=CC2)C1)CN1CCCC1. The number of amides is 2. The molecule has 2 amide bonds. The molecular formula is C17H30N4O. The first kappa shape index (κ1) is 15.8. The van der Waals surface area contributed by atoms with Crippen molar-refractivity contribution in [1.29, 1.82) is 0 Å². The monoisotopic (exact) mass is 306 g/mol. The maximum absolute atomic E-state index is 12.3. The molecule has 0 saturated carbocycles. The first-order chi connectivity index (χ1) is 10.7. The van der Waals surface area contributed by atoms with Crippen molar-refractivity contribution in [3.8, 4) is 0 Å². The van der Waals surface area contributed by atoms with Crippen molar-refractivity contribution < 1.29 is 4.79 Å². The zero-order valence-corrected chi connectivity index (χ0v) is 13.8. The van der Waals surface area contributed by atoms with E-state index in [0.29, 0.717) is 12.0 Å². The van der Waals surface area contributed by atoms with Gasteiger partial charge in [-0.25, -0.2) is 4.79 Å². The molecule has 3 aliphatic rings. The third-order valence-electron chi connectivity index (χ3n) is 5.18. The first-order valence-corrected chi connectivity index (χ1v) is 8.86. The fourth-order valence-corrected chi connectivity index (χ4v) is 3.86. The number of hydrogen-bond donors (Lipinski definition) is 1. The Hall–Kier alpha value is -1.07. The summed E-state index contributed by atoms with van der Waals surface area (Å²) in [7, 11) is 0. The number of nitrogens with one attached hydrogen (secondary N) is 1. The number of hydrogen-bond acceptors (Lipinski definition) is 3. The van der Waals surface area contributed by atoms with Crippen molar-refractivity contribution in [3.05, 3.63) is 12.2 Å². The standard InChI is InChI=1S/C17H30N4O/c1-15(13-19-7-2-3-8-19)12-18-17(22)21-11-6-16(14-21)20-9-4-5-10-20/h4-5,15-16H,2-3,6-14H2,1H3,(H,18,22)/t15-,16+/m1/s1. The molecule has 3 rings (SSSR count). The van der Waals surface area contributed by atoms with E-state index in [1.165, 1.54) is 25.9 Å². The third-order valence-corrected chi connectivity index (χ3v) is 5.18. The van der Waals surface area contributed by atoms with E-state index in [1.807, 2.05) is 4.90 Å². The molecule has 3 heterocycles. The molecule has 124 valence electrons. The number of likely N-dealkylation sites (tertiary alicyclic amines) is 2. The average Bonchev–Trinajstić information content (AvgIpc) is 3.23. The van der Waals surface area contributed by atoms with Crippen molar-refractivity contribution in [3.63, 3.8) is 0 Å². The highest BCUT2D eigenvalue weighted by Gasteiger charge is 2.30. The van der Waals surface area contributed by atoms with Crippen LogP contribution in [0.15, 0.2) is 12.2 Å². The highest BCUT2D eigenvalue weighted by molar-refractivity contribution is 5.74. The zero-order chi connectivity index (χ0) is 15.4. The van der Waals surface area contributed by atoms with Crippen molar-refractivity contribution in [1.82, 2.24) is 20.0 Å². The summed E-state index contributed by atoms with van der Waals surface area (Å²) in [5, 5.41) is 3.14. The molecule has 0 aromatic heterocycles. The molecule has 2 atom stereocenters. The largest absolute Gasteiger partial charge is 0.338 e. The summed E-state index contributed by atoms with van der Waals surface area (Å²) in [6, 6.07) is 0.672. The second kappa shape index (κ2) is 7.47. The van der Waals surface area contributed by atoms with E-state index in [2.05, 4.69) is 34.2 Å². The molecular weight excluding hydrogens is 276 g/mol. The molecule has 0 aromatic carbocycles. The molecule has 0 spiro atoms. The lowest BCUT2D eigenvalue weighted by molar-refractivity contribution is 0.196. The molecule has 2 saturated heterocycles. The zero-order valence-electron chi connectivity index (χ0n) is 13.8. The smallest absolute Gasteiger partial charge is 0.317 e. The molecule has 2 fully saturated rings. The van der Waals surface area contributed by atoms with Crippen LogP contribution in [0.3, 0.4) is 0 Å². The molecule has 5 nitrogen and oxygen atoms in total. The summed E-state index contributed by atoms with van der Waals surface area (Å²) in [6.07, 6.45) is 8.23. The van der Waals surface area contributed by atoms with Crippen LogP contribution >= 0.6 is 0 Å². The molecule has 0 unspecified atom stereocenters. The van der Waals surface area contributed by atoms with Gasteiger partial charge in [0.15, 0.2) is 0 Å². The van der Waals surface area contributed by atoms with Crippen LogP contribution in [-0.2, 0) is 0 Å². The summed E-state index contributed by atoms with van der Waals surface area (Å²) >= 11 is 0. The van der Waals surface area contributed by atoms with Crippen molar-refractivity contribution >= 4 is 6.03 Å². The van der Waals surface area contributed by atoms with Crippen LogP contribution in [0, 0.1) is 5.92 Å².